The first-order chi connectivity index (χ1) is 8.91. The lowest BCUT2D eigenvalue weighted by Gasteiger charge is -2.13. The molecule has 0 aliphatic rings. The number of aryl methyl sites for hydroxylation is 1. The summed E-state index contributed by atoms with van der Waals surface area (Å²) in [5.41, 5.74) is 2.01. The number of aliphatic hydroxyl groups is 1. The summed E-state index contributed by atoms with van der Waals surface area (Å²) in [6, 6.07) is 6.72. The lowest BCUT2D eigenvalue weighted by Crippen LogP contribution is -2.23. The van der Waals surface area contributed by atoms with Gasteiger partial charge in [0, 0.05) is 0 Å². The molecule has 0 saturated heterocycles. The molecule has 0 amide bonds. The molecule has 0 aliphatic heterocycles. The number of hydrogen-bond donors (Lipinski definition) is 1. The Morgan fingerprint density at radius 2 is 1.89 bits per heavy atom. The van der Waals surface area contributed by atoms with Crippen molar-refractivity contribution in [3.05, 3.63) is 41.5 Å². The molecule has 0 saturated carbocycles. The van der Waals surface area contributed by atoms with Crippen LogP contribution in [0.3, 0.4) is 0 Å². The van der Waals surface area contributed by atoms with Crippen molar-refractivity contribution in [1.82, 2.24) is 0 Å². The molecule has 0 spiro atoms. The van der Waals surface area contributed by atoms with Gasteiger partial charge in [-0.25, -0.2) is 8.42 Å². The van der Waals surface area contributed by atoms with E-state index in [0.717, 1.165) is 24.0 Å². The van der Waals surface area contributed by atoms with Crippen molar-refractivity contribution in [1.29, 1.82) is 0 Å². The Morgan fingerprint density at radius 1 is 1.32 bits per heavy atom. The third-order valence-corrected chi connectivity index (χ3v) is 5.05. The fourth-order valence-corrected chi connectivity index (χ4v) is 3.41. The van der Waals surface area contributed by atoms with E-state index in [4.69, 9.17) is 0 Å². The van der Waals surface area contributed by atoms with Crippen LogP contribution in [0.5, 0.6) is 0 Å². The Bertz CT molecular complexity index is 527. The molecular formula is C15H22O3S. The normalized spacial score (nSPS) is 14.4. The molecular weight excluding hydrogens is 260 g/mol. The van der Waals surface area contributed by atoms with E-state index >= 15 is 0 Å². The van der Waals surface area contributed by atoms with Gasteiger partial charge in [-0.1, -0.05) is 42.7 Å². The lowest BCUT2D eigenvalue weighted by molar-refractivity contribution is 0.302. The van der Waals surface area contributed by atoms with Gasteiger partial charge >= 0.3 is 0 Å². The van der Waals surface area contributed by atoms with Gasteiger partial charge in [-0.05, 0) is 32.4 Å². The van der Waals surface area contributed by atoms with Crippen molar-refractivity contribution in [2.24, 2.45) is 0 Å². The summed E-state index contributed by atoms with van der Waals surface area (Å²) < 4.78 is 24.8. The predicted molar refractivity (Wildman–Crippen MR) is 77.9 cm³/mol. The van der Waals surface area contributed by atoms with Crippen molar-refractivity contribution in [2.45, 2.75) is 43.8 Å². The number of benzene rings is 1. The SMILES string of the molecule is CCC/C(C)=C\[C@H](CO)S(=O)(=O)c1ccc(C)cc1. The first-order valence-electron chi connectivity index (χ1n) is 6.50. The third-order valence-electron chi connectivity index (χ3n) is 3.04. The van der Waals surface area contributed by atoms with Gasteiger partial charge in [0.2, 0.25) is 0 Å². The maximum atomic E-state index is 12.4. The van der Waals surface area contributed by atoms with Gasteiger partial charge in [0.05, 0.1) is 11.5 Å². The van der Waals surface area contributed by atoms with Crippen LogP contribution < -0.4 is 0 Å². The average molecular weight is 282 g/mol. The molecule has 1 aromatic rings. The van der Waals surface area contributed by atoms with E-state index in [1.165, 1.54) is 0 Å². The highest BCUT2D eigenvalue weighted by Crippen LogP contribution is 2.19. The van der Waals surface area contributed by atoms with Crippen LogP contribution in [0.2, 0.25) is 0 Å². The molecule has 0 radical (unpaired) electrons. The maximum absolute atomic E-state index is 12.4. The average Bonchev–Trinajstić information content (AvgIpc) is 2.36. The van der Waals surface area contributed by atoms with E-state index in [-0.39, 0.29) is 4.90 Å². The zero-order chi connectivity index (χ0) is 14.5. The van der Waals surface area contributed by atoms with E-state index < -0.39 is 21.7 Å². The second-order valence-corrected chi connectivity index (χ2v) is 7.01. The molecule has 0 fully saturated rings. The fourth-order valence-electron chi connectivity index (χ4n) is 1.94. The van der Waals surface area contributed by atoms with Gasteiger partial charge in [-0.3, -0.25) is 0 Å². The number of aliphatic hydroxyl groups excluding tert-OH is 1. The monoisotopic (exact) mass is 282 g/mol. The Labute approximate surface area is 115 Å². The number of sulfone groups is 1. The minimum Gasteiger partial charge on any atom is -0.395 e. The van der Waals surface area contributed by atoms with Crippen molar-refractivity contribution < 1.29 is 13.5 Å². The second-order valence-electron chi connectivity index (χ2n) is 4.84. The third kappa shape index (κ3) is 4.18. The second kappa shape index (κ2) is 6.87. The molecule has 106 valence electrons. The van der Waals surface area contributed by atoms with E-state index in [1.54, 1.807) is 30.3 Å². The number of rotatable bonds is 6. The van der Waals surface area contributed by atoms with Crippen molar-refractivity contribution in [3.8, 4) is 0 Å². The molecule has 0 aliphatic carbocycles. The smallest absolute Gasteiger partial charge is 0.187 e. The topological polar surface area (TPSA) is 54.4 Å². The first kappa shape index (κ1) is 15.9. The molecule has 0 aromatic heterocycles. The van der Waals surface area contributed by atoms with E-state index in [2.05, 4.69) is 0 Å². The van der Waals surface area contributed by atoms with Gasteiger partial charge in [0.25, 0.3) is 0 Å². The highest BCUT2D eigenvalue weighted by atomic mass is 32.2. The van der Waals surface area contributed by atoms with Crippen LogP contribution in [0.1, 0.15) is 32.3 Å². The summed E-state index contributed by atoms with van der Waals surface area (Å²) >= 11 is 0. The quantitative estimate of drug-likeness (QED) is 0.816. The molecule has 1 atom stereocenters. The van der Waals surface area contributed by atoms with E-state index in [9.17, 15) is 13.5 Å². The summed E-state index contributed by atoms with van der Waals surface area (Å²) in [6.45, 7) is 5.46. The summed E-state index contributed by atoms with van der Waals surface area (Å²) in [6.07, 6.45) is 3.48. The van der Waals surface area contributed by atoms with Gasteiger partial charge < -0.3 is 5.11 Å². The molecule has 3 nitrogen and oxygen atoms in total. The van der Waals surface area contributed by atoms with Crippen LogP contribution in [0.4, 0.5) is 0 Å². The van der Waals surface area contributed by atoms with Gasteiger partial charge in [0.15, 0.2) is 9.84 Å². The summed E-state index contributed by atoms with van der Waals surface area (Å²) in [7, 11) is -3.51. The molecule has 0 bridgehead atoms. The van der Waals surface area contributed by atoms with Crippen LogP contribution in [0.25, 0.3) is 0 Å². The van der Waals surface area contributed by atoms with Crippen LogP contribution in [-0.2, 0) is 9.84 Å². The molecule has 0 unspecified atom stereocenters. The Balaban J connectivity index is 3.09. The molecule has 1 aromatic carbocycles. The van der Waals surface area contributed by atoms with E-state index in [0.29, 0.717) is 0 Å². The highest BCUT2D eigenvalue weighted by molar-refractivity contribution is 7.92. The van der Waals surface area contributed by atoms with Crippen LogP contribution in [0, 0.1) is 6.92 Å². The molecule has 19 heavy (non-hydrogen) atoms. The van der Waals surface area contributed by atoms with Crippen molar-refractivity contribution in [2.75, 3.05) is 6.61 Å². The zero-order valence-corrected chi connectivity index (χ0v) is 12.6. The summed E-state index contributed by atoms with van der Waals surface area (Å²) in [5.74, 6) is 0. The largest absolute Gasteiger partial charge is 0.395 e. The van der Waals surface area contributed by atoms with Crippen LogP contribution in [-0.4, -0.2) is 25.4 Å². The summed E-state index contributed by atoms with van der Waals surface area (Å²) in [4.78, 5) is 0.262. The van der Waals surface area contributed by atoms with Gasteiger partial charge in [-0.15, -0.1) is 0 Å². The Morgan fingerprint density at radius 3 is 2.37 bits per heavy atom. The van der Waals surface area contributed by atoms with Gasteiger partial charge in [-0.2, -0.15) is 0 Å². The Kier molecular flexibility index (Phi) is 5.76. The minimum absolute atomic E-state index is 0.262. The molecule has 4 heteroatoms. The van der Waals surface area contributed by atoms with E-state index in [1.807, 2.05) is 20.8 Å². The van der Waals surface area contributed by atoms with Crippen molar-refractivity contribution in [3.63, 3.8) is 0 Å². The zero-order valence-electron chi connectivity index (χ0n) is 11.8. The highest BCUT2D eigenvalue weighted by Gasteiger charge is 2.24. The number of allylic oxidation sites excluding steroid dienone is 1. The predicted octanol–water partition coefficient (Wildman–Crippen LogP) is 2.88. The van der Waals surface area contributed by atoms with Crippen molar-refractivity contribution >= 4 is 9.84 Å². The maximum Gasteiger partial charge on any atom is 0.187 e. The summed E-state index contributed by atoms with van der Waals surface area (Å²) in [5, 5.41) is 8.51. The fraction of sp³-hybridized carbons (Fsp3) is 0.467. The number of hydrogen-bond acceptors (Lipinski definition) is 3. The standard InChI is InChI=1S/C15H22O3S/c1-4-5-13(3)10-15(11-16)19(17,18)14-8-6-12(2)7-9-14/h6-10,15-16H,4-5,11H2,1-3H3/b13-10-/t15-/m1/s1. The molecule has 0 heterocycles. The van der Waals surface area contributed by atoms with Gasteiger partial charge in [0.1, 0.15) is 5.25 Å². The Hall–Kier alpha value is -1.13. The molecule has 1 N–H and O–H groups in total. The minimum atomic E-state index is -3.51. The first-order valence-corrected chi connectivity index (χ1v) is 8.05. The molecule has 1 rings (SSSR count). The van der Waals surface area contributed by atoms with Crippen LogP contribution >= 0.6 is 0 Å². The van der Waals surface area contributed by atoms with Crippen LogP contribution in [0.15, 0.2) is 40.8 Å². The lowest BCUT2D eigenvalue weighted by atomic mass is 10.1.